The predicted octanol–water partition coefficient (Wildman–Crippen LogP) is 5.36. The molecular formula is C31H29ClN4O3. The Bertz CT molecular complexity index is 1700. The highest BCUT2D eigenvalue weighted by atomic mass is 35.5. The quantitative estimate of drug-likeness (QED) is 0.288. The highest BCUT2D eigenvalue weighted by molar-refractivity contribution is 6.30. The number of benzene rings is 3. The van der Waals surface area contributed by atoms with Crippen LogP contribution in [0.2, 0.25) is 5.02 Å². The molecule has 198 valence electrons. The van der Waals surface area contributed by atoms with Gasteiger partial charge >= 0.3 is 0 Å². The third-order valence-corrected chi connectivity index (χ3v) is 7.49. The zero-order valence-electron chi connectivity index (χ0n) is 21.5. The molecule has 0 spiro atoms. The van der Waals surface area contributed by atoms with Crippen LogP contribution >= 0.6 is 11.6 Å². The molecule has 6 rings (SSSR count). The van der Waals surface area contributed by atoms with E-state index in [-0.39, 0.29) is 11.1 Å². The molecular weight excluding hydrogens is 512 g/mol. The number of pyridine rings is 1. The van der Waals surface area contributed by atoms with Crippen LogP contribution in [0.15, 0.2) is 94.5 Å². The zero-order chi connectivity index (χ0) is 26.8. The van der Waals surface area contributed by atoms with Crippen LogP contribution in [0.1, 0.15) is 29.7 Å². The smallest absolute Gasteiger partial charge is 0.280 e. The van der Waals surface area contributed by atoms with Gasteiger partial charge in [-0.25, -0.2) is 4.68 Å². The number of H-pyrrole nitrogens is 1. The summed E-state index contributed by atoms with van der Waals surface area (Å²) in [7, 11) is 0. The summed E-state index contributed by atoms with van der Waals surface area (Å²) >= 11 is 6.07. The fourth-order valence-corrected chi connectivity index (χ4v) is 5.31. The van der Waals surface area contributed by atoms with Crippen LogP contribution in [-0.4, -0.2) is 32.3 Å². The van der Waals surface area contributed by atoms with E-state index >= 15 is 0 Å². The van der Waals surface area contributed by atoms with Crippen LogP contribution in [0.3, 0.4) is 0 Å². The van der Waals surface area contributed by atoms with Gasteiger partial charge in [0, 0.05) is 17.6 Å². The van der Waals surface area contributed by atoms with Crippen molar-refractivity contribution >= 4 is 22.5 Å². The Morgan fingerprint density at radius 3 is 2.26 bits per heavy atom. The largest absolute Gasteiger partial charge is 0.489 e. The highest BCUT2D eigenvalue weighted by Crippen LogP contribution is 2.21. The molecule has 0 bridgehead atoms. The van der Waals surface area contributed by atoms with E-state index in [2.05, 4.69) is 10.00 Å². The summed E-state index contributed by atoms with van der Waals surface area (Å²) in [5, 5.41) is 4.36. The predicted molar refractivity (Wildman–Crippen MR) is 154 cm³/mol. The van der Waals surface area contributed by atoms with Crippen molar-refractivity contribution in [1.82, 2.24) is 19.2 Å². The number of fused-ring (bicyclic) bond motifs is 1. The molecule has 0 atom stereocenters. The number of nitrogens with one attached hydrogen (secondary N) is 1. The summed E-state index contributed by atoms with van der Waals surface area (Å²) in [5.74, 6) is 0.712. The number of hydrogen-bond donors (Lipinski definition) is 1. The SMILES string of the molecule is O=c1c2c(CN3CCCC3)n(Cc3ccc(Cl)cc3)c(=O)cc2[nH]n1-c1ccc(OCc2ccccc2)cc1. The third-order valence-electron chi connectivity index (χ3n) is 7.24. The summed E-state index contributed by atoms with van der Waals surface area (Å²) in [6.45, 7) is 3.28. The van der Waals surface area contributed by atoms with Crippen LogP contribution in [0, 0.1) is 0 Å². The van der Waals surface area contributed by atoms with Gasteiger partial charge in [0.25, 0.3) is 11.1 Å². The van der Waals surface area contributed by atoms with Crippen molar-refractivity contribution in [1.29, 1.82) is 0 Å². The molecule has 2 aromatic heterocycles. The minimum absolute atomic E-state index is 0.148. The van der Waals surface area contributed by atoms with Crippen LogP contribution in [0.5, 0.6) is 5.75 Å². The van der Waals surface area contributed by atoms with E-state index in [1.807, 2.05) is 78.9 Å². The maximum Gasteiger partial charge on any atom is 0.280 e. The minimum Gasteiger partial charge on any atom is -0.489 e. The summed E-state index contributed by atoms with van der Waals surface area (Å²) < 4.78 is 9.14. The topological polar surface area (TPSA) is 72.3 Å². The van der Waals surface area contributed by atoms with Crippen LogP contribution < -0.4 is 15.9 Å². The van der Waals surface area contributed by atoms with Crippen molar-refractivity contribution < 1.29 is 4.74 Å². The lowest BCUT2D eigenvalue weighted by atomic mass is 10.1. The number of hydrogen-bond acceptors (Lipinski definition) is 4. The number of rotatable bonds is 8. The van der Waals surface area contributed by atoms with E-state index in [4.69, 9.17) is 16.3 Å². The molecule has 1 N–H and O–H groups in total. The molecule has 7 nitrogen and oxygen atoms in total. The van der Waals surface area contributed by atoms with E-state index in [0.717, 1.165) is 42.8 Å². The summed E-state index contributed by atoms with van der Waals surface area (Å²) in [5.41, 5.74) is 3.65. The molecule has 0 saturated carbocycles. The fraction of sp³-hybridized carbons (Fsp3) is 0.226. The molecule has 5 aromatic rings. The van der Waals surface area contributed by atoms with Crippen LogP contribution in [0.25, 0.3) is 16.6 Å². The standard InChI is InChI=1S/C31H29ClN4O3/c32-24-10-8-22(9-11-24)19-35-28(20-34-16-4-5-17-34)30-27(18-29(35)37)33-36(31(30)38)25-12-14-26(15-13-25)39-21-23-6-2-1-3-7-23/h1-3,6-15,18,33H,4-5,16-17,19-21H2. The molecule has 0 radical (unpaired) electrons. The van der Waals surface area contributed by atoms with Gasteiger partial charge in [-0.1, -0.05) is 54.1 Å². The van der Waals surface area contributed by atoms with Gasteiger partial charge in [-0.3, -0.25) is 19.6 Å². The number of halogens is 1. The average Bonchev–Trinajstić information content (AvgIpc) is 3.59. The summed E-state index contributed by atoms with van der Waals surface area (Å²) in [4.78, 5) is 29.5. The molecule has 8 heteroatoms. The first-order chi connectivity index (χ1) is 19.0. The Hall–Kier alpha value is -4.07. The van der Waals surface area contributed by atoms with Gasteiger partial charge in [-0.05, 0) is 73.5 Å². The van der Waals surface area contributed by atoms with Crippen LogP contribution in [0.4, 0.5) is 0 Å². The Balaban J connectivity index is 1.36. The van der Waals surface area contributed by atoms with Gasteiger partial charge in [0.05, 0.1) is 28.8 Å². The first-order valence-corrected chi connectivity index (χ1v) is 13.5. The van der Waals surface area contributed by atoms with E-state index in [1.54, 1.807) is 4.57 Å². The first kappa shape index (κ1) is 25.2. The lowest BCUT2D eigenvalue weighted by Crippen LogP contribution is -2.30. The number of nitrogens with zero attached hydrogens (tertiary/aromatic N) is 3. The van der Waals surface area contributed by atoms with Gasteiger partial charge in [0.2, 0.25) is 0 Å². The van der Waals surface area contributed by atoms with Crippen molar-refractivity contribution in [3.8, 4) is 11.4 Å². The monoisotopic (exact) mass is 540 g/mol. The van der Waals surface area contributed by atoms with E-state index < -0.39 is 0 Å². The molecule has 1 aliphatic heterocycles. The second kappa shape index (κ2) is 11.0. The second-order valence-corrected chi connectivity index (χ2v) is 10.4. The second-order valence-electron chi connectivity index (χ2n) is 9.93. The Morgan fingerprint density at radius 2 is 1.54 bits per heavy atom. The van der Waals surface area contributed by atoms with Crippen molar-refractivity contribution in [3.63, 3.8) is 0 Å². The minimum atomic E-state index is -0.179. The fourth-order valence-electron chi connectivity index (χ4n) is 5.18. The third kappa shape index (κ3) is 5.41. The van der Waals surface area contributed by atoms with E-state index in [0.29, 0.717) is 47.1 Å². The molecule has 1 saturated heterocycles. The lowest BCUT2D eigenvalue weighted by molar-refractivity contribution is 0.306. The maximum absolute atomic E-state index is 13.8. The molecule has 3 heterocycles. The summed E-state index contributed by atoms with van der Waals surface area (Å²) in [6, 6.07) is 26.3. The van der Waals surface area contributed by atoms with Crippen molar-refractivity contribution in [2.24, 2.45) is 0 Å². The zero-order valence-corrected chi connectivity index (χ0v) is 22.2. The lowest BCUT2D eigenvalue weighted by Gasteiger charge is -2.19. The van der Waals surface area contributed by atoms with Gasteiger partial charge in [-0.2, -0.15) is 0 Å². The number of likely N-dealkylation sites (tertiary alicyclic amines) is 1. The first-order valence-electron chi connectivity index (χ1n) is 13.2. The summed E-state index contributed by atoms with van der Waals surface area (Å²) in [6.07, 6.45) is 2.24. The molecule has 39 heavy (non-hydrogen) atoms. The molecule has 3 aromatic carbocycles. The normalized spacial score (nSPS) is 13.8. The van der Waals surface area contributed by atoms with E-state index in [9.17, 15) is 9.59 Å². The Labute approximate surface area is 230 Å². The molecule has 0 unspecified atom stereocenters. The number of aromatic nitrogens is 3. The molecule has 1 aliphatic rings. The highest BCUT2D eigenvalue weighted by Gasteiger charge is 2.22. The maximum atomic E-state index is 13.8. The van der Waals surface area contributed by atoms with Crippen molar-refractivity contribution in [2.75, 3.05) is 13.1 Å². The van der Waals surface area contributed by atoms with Gasteiger partial charge in [0.1, 0.15) is 12.4 Å². The molecule has 0 amide bonds. The van der Waals surface area contributed by atoms with Crippen molar-refractivity contribution in [3.05, 3.63) is 127 Å². The van der Waals surface area contributed by atoms with Gasteiger partial charge < -0.3 is 9.30 Å². The number of aromatic amines is 1. The van der Waals surface area contributed by atoms with Crippen LogP contribution in [-0.2, 0) is 19.7 Å². The van der Waals surface area contributed by atoms with E-state index in [1.165, 1.54) is 10.7 Å². The molecule has 1 fully saturated rings. The van der Waals surface area contributed by atoms with Gasteiger partial charge in [0.15, 0.2) is 0 Å². The molecule has 0 aliphatic carbocycles. The Morgan fingerprint density at radius 1 is 0.821 bits per heavy atom. The van der Waals surface area contributed by atoms with Gasteiger partial charge in [-0.15, -0.1) is 0 Å². The number of ether oxygens (including phenoxy) is 1. The average molecular weight is 541 g/mol. The van der Waals surface area contributed by atoms with Crippen molar-refractivity contribution in [2.45, 2.75) is 32.5 Å². The Kier molecular flexibility index (Phi) is 7.09.